The maximum Gasteiger partial charge on any atom is 0.305 e. The molecule has 6 nitrogen and oxygen atoms in total. The Hall–Kier alpha value is -3.71. The van der Waals surface area contributed by atoms with Crippen molar-refractivity contribution in [1.82, 2.24) is 10.2 Å². The van der Waals surface area contributed by atoms with E-state index in [0.717, 1.165) is 35.1 Å². The molecule has 0 fully saturated rings. The van der Waals surface area contributed by atoms with E-state index in [4.69, 9.17) is 16.7 Å². The van der Waals surface area contributed by atoms with Crippen LogP contribution in [0.3, 0.4) is 0 Å². The number of fused-ring (bicyclic) bond motifs is 1. The molecule has 1 aliphatic rings. The second kappa shape index (κ2) is 12.2. The van der Waals surface area contributed by atoms with Crippen LogP contribution in [0.2, 0.25) is 5.02 Å². The lowest BCUT2D eigenvalue weighted by atomic mass is 9.77. The van der Waals surface area contributed by atoms with Crippen LogP contribution >= 0.6 is 11.6 Å². The lowest BCUT2D eigenvalue weighted by molar-refractivity contribution is -0.137. The van der Waals surface area contributed by atoms with Crippen LogP contribution in [-0.4, -0.2) is 34.3 Å². The van der Waals surface area contributed by atoms with Gasteiger partial charge in [0.1, 0.15) is 5.82 Å². The fourth-order valence-corrected chi connectivity index (χ4v) is 5.16. The molecule has 2 amide bonds. The molecule has 3 aromatic carbocycles. The van der Waals surface area contributed by atoms with E-state index in [1.807, 2.05) is 24.3 Å². The Morgan fingerprint density at radius 2 is 1.63 bits per heavy atom. The Bertz CT molecular complexity index is 1310. The SMILES string of the molecule is CCCC(c1ccc(C(=O)NCCC(=O)O)cc1)C(C(=O)N1Cc2ccc(F)cc2C1)c1ccc(Cl)cc1. The fraction of sp³-hybridized carbons (Fsp3) is 0.300. The monoisotopic (exact) mass is 536 g/mol. The second-order valence-electron chi connectivity index (χ2n) is 9.55. The van der Waals surface area contributed by atoms with Gasteiger partial charge in [0.2, 0.25) is 5.91 Å². The molecule has 0 radical (unpaired) electrons. The van der Waals surface area contributed by atoms with Crippen molar-refractivity contribution < 1.29 is 23.9 Å². The maximum absolute atomic E-state index is 14.1. The van der Waals surface area contributed by atoms with Gasteiger partial charge in [-0.2, -0.15) is 0 Å². The molecule has 38 heavy (non-hydrogen) atoms. The molecule has 0 spiro atoms. The molecule has 0 aliphatic carbocycles. The van der Waals surface area contributed by atoms with Gasteiger partial charge in [0.05, 0.1) is 12.3 Å². The number of rotatable bonds is 10. The Kier molecular flexibility index (Phi) is 8.79. The summed E-state index contributed by atoms with van der Waals surface area (Å²) in [5, 5.41) is 12.0. The van der Waals surface area contributed by atoms with E-state index in [-0.39, 0.29) is 36.5 Å². The molecule has 2 unspecified atom stereocenters. The number of halogens is 2. The number of hydrogen-bond donors (Lipinski definition) is 2. The summed E-state index contributed by atoms with van der Waals surface area (Å²) in [4.78, 5) is 39.0. The van der Waals surface area contributed by atoms with Crippen molar-refractivity contribution in [3.63, 3.8) is 0 Å². The van der Waals surface area contributed by atoms with Crippen molar-refractivity contribution in [3.05, 3.63) is 105 Å². The zero-order chi connectivity index (χ0) is 27.2. The number of carbonyl (C=O) groups excluding carboxylic acids is 2. The van der Waals surface area contributed by atoms with Gasteiger partial charge in [-0.15, -0.1) is 0 Å². The lowest BCUT2D eigenvalue weighted by Gasteiger charge is -2.31. The first-order valence-corrected chi connectivity index (χ1v) is 13.1. The molecule has 0 bridgehead atoms. The maximum atomic E-state index is 14.1. The van der Waals surface area contributed by atoms with Crippen LogP contribution in [0, 0.1) is 5.82 Å². The molecule has 1 aliphatic heterocycles. The quantitative estimate of drug-likeness (QED) is 0.338. The third-order valence-corrected chi connectivity index (χ3v) is 7.18. The number of amides is 2. The van der Waals surface area contributed by atoms with Crippen LogP contribution in [0.15, 0.2) is 66.7 Å². The summed E-state index contributed by atoms with van der Waals surface area (Å²) in [7, 11) is 0. The normalized spacial score (nSPS) is 14.0. The number of hydrogen-bond acceptors (Lipinski definition) is 3. The third kappa shape index (κ3) is 6.40. The van der Waals surface area contributed by atoms with Gasteiger partial charge in [-0.3, -0.25) is 14.4 Å². The average Bonchev–Trinajstić information content (AvgIpc) is 3.32. The highest BCUT2D eigenvalue weighted by molar-refractivity contribution is 6.30. The summed E-state index contributed by atoms with van der Waals surface area (Å²) < 4.78 is 13.8. The molecule has 2 atom stereocenters. The third-order valence-electron chi connectivity index (χ3n) is 6.93. The van der Waals surface area contributed by atoms with Gasteiger partial charge in [0.25, 0.3) is 5.91 Å². The summed E-state index contributed by atoms with van der Waals surface area (Å²) >= 11 is 6.16. The van der Waals surface area contributed by atoms with Gasteiger partial charge in [-0.05, 0) is 71.0 Å². The number of carboxylic acid groups (broad SMARTS) is 1. The summed E-state index contributed by atoms with van der Waals surface area (Å²) in [5.74, 6) is -2.36. The zero-order valence-corrected chi connectivity index (χ0v) is 21.9. The van der Waals surface area contributed by atoms with Crippen molar-refractivity contribution in [2.75, 3.05) is 6.54 Å². The predicted octanol–water partition coefficient (Wildman–Crippen LogP) is 5.89. The Balaban J connectivity index is 1.63. The van der Waals surface area contributed by atoms with Crippen LogP contribution in [0.4, 0.5) is 4.39 Å². The first kappa shape index (κ1) is 27.3. The molecule has 8 heteroatoms. The molecular weight excluding hydrogens is 507 g/mol. The number of nitrogens with one attached hydrogen (secondary N) is 1. The molecule has 3 aromatic rings. The first-order chi connectivity index (χ1) is 18.3. The fourth-order valence-electron chi connectivity index (χ4n) is 5.04. The van der Waals surface area contributed by atoms with E-state index < -0.39 is 11.9 Å². The number of carboxylic acids is 1. The Morgan fingerprint density at radius 3 is 2.29 bits per heavy atom. The number of carbonyl (C=O) groups is 3. The van der Waals surface area contributed by atoms with Crippen LogP contribution in [0.1, 0.15) is 70.6 Å². The van der Waals surface area contributed by atoms with Gasteiger partial charge in [-0.1, -0.05) is 55.3 Å². The highest BCUT2D eigenvalue weighted by atomic mass is 35.5. The Labute approximate surface area is 226 Å². The standard InChI is InChI=1S/C30H30ClFN2O4/c1-2-3-26(19-4-6-21(7-5-19)29(37)33-15-14-27(35)36)28(20-8-11-24(31)12-9-20)30(38)34-17-22-10-13-25(32)16-23(22)18-34/h4-13,16,26,28H,2-3,14-15,17-18H2,1H3,(H,33,37)(H,35,36). The van der Waals surface area contributed by atoms with E-state index in [0.29, 0.717) is 23.7 Å². The van der Waals surface area contributed by atoms with Crippen LogP contribution in [0.25, 0.3) is 0 Å². The van der Waals surface area contributed by atoms with Gasteiger partial charge >= 0.3 is 5.97 Å². The number of benzene rings is 3. The molecule has 1 heterocycles. The van der Waals surface area contributed by atoms with E-state index in [2.05, 4.69) is 12.2 Å². The summed E-state index contributed by atoms with van der Waals surface area (Å²) in [6.07, 6.45) is 1.42. The summed E-state index contributed by atoms with van der Waals surface area (Å²) in [6, 6.07) is 19.1. The lowest BCUT2D eigenvalue weighted by Crippen LogP contribution is -2.34. The van der Waals surface area contributed by atoms with Crippen LogP contribution in [-0.2, 0) is 22.7 Å². The first-order valence-electron chi connectivity index (χ1n) is 12.7. The highest BCUT2D eigenvalue weighted by Gasteiger charge is 2.36. The molecule has 2 N–H and O–H groups in total. The van der Waals surface area contributed by atoms with Crippen LogP contribution < -0.4 is 5.32 Å². The average molecular weight is 537 g/mol. The van der Waals surface area contributed by atoms with E-state index in [1.165, 1.54) is 12.1 Å². The minimum Gasteiger partial charge on any atom is -0.481 e. The van der Waals surface area contributed by atoms with Crippen molar-refractivity contribution in [2.45, 2.75) is 51.1 Å². The smallest absolute Gasteiger partial charge is 0.305 e. The Morgan fingerprint density at radius 1 is 0.974 bits per heavy atom. The molecular formula is C30H30ClFN2O4. The summed E-state index contributed by atoms with van der Waals surface area (Å²) in [5.41, 5.74) is 3.94. The second-order valence-corrected chi connectivity index (χ2v) is 9.99. The number of nitrogens with zero attached hydrogens (tertiary/aromatic N) is 1. The minimum absolute atomic E-state index is 0.0436. The zero-order valence-electron chi connectivity index (χ0n) is 21.1. The van der Waals surface area contributed by atoms with E-state index in [9.17, 15) is 18.8 Å². The van der Waals surface area contributed by atoms with E-state index in [1.54, 1.807) is 35.2 Å². The minimum atomic E-state index is -0.979. The topological polar surface area (TPSA) is 86.7 Å². The molecule has 0 saturated heterocycles. The predicted molar refractivity (Wildman–Crippen MR) is 144 cm³/mol. The highest BCUT2D eigenvalue weighted by Crippen LogP contribution is 2.40. The van der Waals surface area contributed by atoms with Gasteiger partial charge in [0, 0.05) is 30.2 Å². The molecule has 4 rings (SSSR count). The van der Waals surface area contributed by atoms with Gasteiger partial charge in [-0.25, -0.2) is 4.39 Å². The molecule has 0 aromatic heterocycles. The number of aliphatic carboxylic acids is 1. The van der Waals surface area contributed by atoms with E-state index >= 15 is 0 Å². The largest absolute Gasteiger partial charge is 0.481 e. The van der Waals surface area contributed by atoms with Crippen molar-refractivity contribution in [2.24, 2.45) is 0 Å². The van der Waals surface area contributed by atoms with Crippen molar-refractivity contribution in [1.29, 1.82) is 0 Å². The van der Waals surface area contributed by atoms with Gasteiger partial charge < -0.3 is 15.3 Å². The summed E-state index contributed by atoms with van der Waals surface area (Å²) in [6.45, 7) is 2.88. The molecule has 198 valence electrons. The van der Waals surface area contributed by atoms with Gasteiger partial charge in [0.15, 0.2) is 0 Å². The van der Waals surface area contributed by atoms with Crippen molar-refractivity contribution >= 4 is 29.4 Å². The van der Waals surface area contributed by atoms with Crippen molar-refractivity contribution in [3.8, 4) is 0 Å². The van der Waals surface area contributed by atoms with Crippen LogP contribution in [0.5, 0.6) is 0 Å². The molecule has 0 saturated carbocycles.